The molecule has 0 radical (unpaired) electrons. The summed E-state index contributed by atoms with van der Waals surface area (Å²) < 4.78 is 27.2. The molecule has 0 bridgehead atoms. The van der Waals surface area contributed by atoms with Gasteiger partial charge in [0.15, 0.2) is 0 Å². The number of carbonyl (C=O) groups excluding carboxylic acids is 1. The Balaban J connectivity index is 2.41. The number of para-hydroxylation sites is 3. The fraction of sp³-hybridized carbons (Fsp3) is 0.345. The van der Waals surface area contributed by atoms with Crippen LogP contribution in [0, 0.1) is 5.92 Å². The maximum absolute atomic E-state index is 13.9. The van der Waals surface area contributed by atoms with Crippen LogP contribution in [0.5, 0.6) is 17.2 Å². The van der Waals surface area contributed by atoms with Crippen LogP contribution in [0.2, 0.25) is 0 Å². The van der Waals surface area contributed by atoms with E-state index in [0.29, 0.717) is 17.2 Å². The van der Waals surface area contributed by atoms with Crippen LogP contribution in [0.3, 0.4) is 0 Å². The van der Waals surface area contributed by atoms with Crippen LogP contribution < -0.4 is 24.9 Å². The molecule has 3 aromatic rings. The van der Waals surface area contributed by atoms with Crippen molar-refractivity contribution >= 4 is 35.5 Å². The van der Waals surface area contributed by atoms with E-state index in [-0.39, 0.29) is 11.9 Å². The molecule has 3 aromatic carbocycles. The summed E-state index contributed by atoms with van der Waals surface area (Å²) in [5, 5.41) is 0. The third kappa shape index (κ3) is 5.61. The molecule has 0 aliphatic carbocycles. The van der Waals surface area contributed by atoms with Crippen molar-refractivity contribution in [3.8, 4) is 17.2 Å². The molecular formula is C29H36O5Sn. The molecule has 0 heterocycles. The number of carbonyl (C=O) groups is 1. The molecule has 35 heavy (non-hydrogen) atoms. The normalized spacial score (nSPS) is 12.0. The molecular weight excluding hydrogens is 547 g/mol. The fourth-order valence-electron chi connectivity index (χ4n) is 4.58. The van der Waals surface area contributed by atoms with E-state index in [2.05, 4.69) is 6.92 Å². The molecule has 5 nitrogen and oxygen atoms in total. The molecule has 0 N–H and O–H groups in total. The van der Waals surface area contributed by atoms with Crippen molar-refractivity contribution in [1.29, 1.82) is 0 Å². The van der Waals surface area contributed by atoms with Gasteiger partial charge >= 0.3 is 214 Å². The Morgan fingerprint density at radius 2 is 1.11 bits per heavy atom. The Morgan fingerprint density at radius 1 is 0.714 bits per heavy atom. The Hall–Kier alpha value is -2.67. The van der Waals surface area contributed by atoms with Gasteiger partial charge in [0.2, 0.25) is 0 Å². The topological polar surface area (TPSA) is 54.0 Å². The first kappa shape index (κ1) is 26.9. The summed E-state index contributed by atoms with van der Waals surface area (Å²) in [5.74, 6) is 1.73. The van der Waals surface area contributed by atoms with E-state index >= 15 is 0 Å². The zero-order chi connectivity index (χ0) is 25.3. The quantitative estimate of drug-likeness (QED) is 0.296. The van der Waals surface area contributed by atoms with Crippen molar-refractivity contribution in [3.63, 3.8) is 0 Å². The van der Waals surface area contributed by atoms with E-state index in [4.69, 9.17) is 17.3 Å². The molecule has 0 aliphatic rings. The molecule has 0 saturated carbocycles. The third-order valence-corrected chi connectivity index (χ3v) is 17.9. The van der Waals surface area contributed by atoms with Crippen LogP contribution in [0.1, 0.15) is 39.5 Å². The second-order valence-corrected chi connectivity index (χ2v) is 17.5. The fourth-order valence-corrected chi connectivity index (χ4v) is 16.7. The molecule has 0 amide bonds. The van der Waals surface area contributed by atoms with E-state index in [1.807, 2.05) is 79.7 Å². The summed E-state index contributed by atoms with van der Waals surface area (Å²) in [5.41, 5.74) is 0. The Bertz CT molecular complexity index is 998. The Morgan fingerprint density at radius 3 is 1.46 bits per heavy atom. The van der Waals surface area contributed by atoms with Gasteiger partial charge in [-0.2, -0.15) is 0 Å². The van der Waals surface area contributed by atoms with Gasteiger partial charge in [-0.3, -0.25) is 0 Å². The van der Waals surface area contributed by atoms with Gasteiger partial charge in [-0.25, -0.2) is 0 Å². The predicted molar refractivity (Wildman–Crippen MR) is 143 cm³/mol. The number of unbranched alkanes of at least 4 members (excludes halogenated alkanes) is 1. The molecule has 0 saturated heterocycles. The first-order chi connectivity index (χ1) is 17.1. The molecule has 1 atom stereocenters. The molecule has 186 valence electrons. The maximum atomic E-state index is 13.9. The minimum absolute atomic E-state index is 0.167. The number of hydrogen-bond donors (Lipinski definition) is 0. The monoisotopic (exact) mass is 584 g/mol. The molecule has 0 aliphatic heterocycles. The van der Waals surface area contributed by atoms with Crippen molar-refractivity contribution in [2.75, 3.05) is 21.3 Å². The van der Waals surface area contributed by atoms with Gasteiger partial charge < -0.3 is 0 Å². The van der Waals surface area contributed by atoms with Crippen LogP contribution in [0.25, 0.3) is 0 Å². The number of ether oxygens (including phenoxy) is 3. The summed E-state index contributed by atoms with van der Waals surface area (Å²) in [6, 6.07) is 23.5. The summed E-state index contributed by atoms with van der Waals surface area (Å²) in [4.78, 5) is 13.9. The van der Waals surface area contributed by atoms with E-state index in [1.165, 1.54) is 0 Å². The van der Waals surface area contributed by atoms with Gasteiger partial charge in [0.25, 0.3) is 0 Å². The van der Waals surface area contributed by atoms with E-state index in [1.54, 1.807) is 21.3 Å². The molecule has 0 aromatic heterocycles. The number of benzene rings is 3. The van der Waals surface area contributed by atoms with Crippen LogP contribution in [-0.2, 0) is 7.87 Å². The van der Waals surface area contributed by atoms with Gasteiger partial charge in [0.05, 0.1) is 0 Å². The van der Waals surface area contributed by atoms with Gasteiger partial charge in [0, 0.05) is 0 Å². The molecule has 0 spiro atoms. The standard InChI is InChI=1S/C8H16O2.3C7H7O.Sn/c1-3-5-6-7(4-2)8(9)10;3*1-8-7-5-3-2-4-6-7;/h7H,3-6H2,1-2H3,(H,9,10);3*2-5H,1H3;/q;;;;+1/p-1. The summed E-state index contributed by atoms with van der Waals surface area (Å²) in [7, 11) is 4.95. The van der Waals surface area contributed by atoms with Gasteiger partial charge in [0.1, 0.15) is 0 Å². The minimum atomic E-state index is -4.63. The van der Waals surface area contributed by atoms with E-state index in [9.17, 15) is 4.79 Å². The van der Waals surface area contributed by atoms with Crippen LogP contribution in [-0.4, -0.2) is 46.1 Å². The van der Waals surface area contributed by atoms with Crippen LogP contribution >= 0.6 is 0 Å². The van der Waals surface area contributed by atoms with Gasteiger partial charge in [-0.05, 0) is 0 Å². The second-order valence-electron chi connectivity index (χ2n) is 8.45. The summed E-state index contributed by atoms with van der Waals surface area (Å²) >= 11 is -4.63. The molecule has 3 rings (SSSR count). The zero-order valence-electron chi connectivity index (χ0n) is 21.4. The second kappa shape index (κ2) is 12.9. The Labute approximate surface area is 213 Å². The van der Waals surface area contributed by atoms with Crippen molar-refractivity contribution in [1.82, 2.24) is 0 Å². The van der Waals surface area contributed by atoms with E-state index in [0.717, 1.165) is 36.4 Å². The average molecular weight is 583 g/mol. The van der Waals surface area contributed by atoms with Crippen LogP contribution in [0.4, 0.5) is 0 Å². The molecule has 0 fully saturated rings. The number of hydrogen-bond acceptors (Lipinski definition) is 5. The average Bonchev–Trinajstić information content (AvgIpc) is 2.92. The Kier molecular flexibility index (Phi) is 9.90. The first-order valence-electron chi connectivity index (χ1n) is 12.2. The van der Waals surface area contributed by atoms with Crippen molar-refractivity contribution < 1.29 is 22.1 Å². The SMILES string of the molecule is CCCCC(CC)C(=O)[O][Sn]([c]1ccccc1OC)([c]1ccccc1OC)[c]1ccccc1OC. The molecule has 1 unspecified atom stereocenters. The van der Waals surface area contributed by atoms with Crippen molar-refractivity contribution in [2.24, 2.45) is 5.92 Å². The van der Waals surface area contributed by atoms with Crippen LogP contribution in [0.15, 0.2) is 72.8 Å². The number of methoxy groups -OCH3 is 3. The molecule has 6 heteroatoms. The van der Waals surface area contributed by atoms with Gasteiger partial charge in [-0.1, -0.05) is 0 Å². The first-order valence-corrected chi connectivity index (χ1v) is 17.6. The summed E-state index contributed by atoms with van der Waals surface area (Å²) in [6.07, 6.45) is 3.54. The van der Waals surface area contributed by atoms with Crippen molar-refractivity contribution in [3.05, 3.63) is 72.8 Å². The number of rotatable bonds is 12. The predicted octanol–water partition coefficient (Wildman–Crippen LogP) is 4.44. The van der Waals surface area contributed by atoms with E-state index < -0.39 is 18.8 Å². The summed E-state index contributed by atoms with van der Waals surface area (Å²) in [6.45, 7) is 4.19. The third-order valence-electron chi connectivity index (χ3n) is 6.44. The van der Waals surface area contributed by atoms with Crippen molar-refractivity contribution in [2.45, 2.75) is 39.5 Å². The van der Waals surface area contributed by atoms with Gasteiger partial charge in [-0.15, -0.1) is 0 Å². The zero-order valence-corrected chi connectivity index (χ0v) is 24.2.